The number of ketones is 1. The molecule has 2 N–H and O–H groups in total. The van der Waals surface area contributed by atoms with Gasteiger partial charge in [0, 0.05) is 5.92 Å². The van der Waals surface area contributed by atoms with Crippen LogP contribution in [0.2, 0.25) is 0 Å². The van der Waals surface area contributed by atoms with Crippen molar-refractivity contribution in [1.29, 1.82) is 0 Å². The molecule has 0 radical (unpaired) electrons. The van der Waals surface area contributed by atoms with E-state index in [0.29, 0.717) is 17.6 Å². The van der Waals surface area contributed by atoms with Crippen LogP contribution in [0.4, 0.5) is 0 Å². The van der Waals surface area contributed by atoms with Gasteiger partial charge in [0.25, 0.3) is 0 Å². The van der Waals surface area contributed by atoms with Crippen LogP contribution in [0.5, 0.6) is 0 Å². The van der Waals surface area contributed by atoms with E-state index in [1.807, 2.05) is 0 Å². The maximum Gasteiger partial charge on any atom is 0.152 e. The van der Waals surface area contributed by atoms with Crippen molar-refractivity contribution < 1.29 is 4.79 Å². The quantitative estimate of drug-likeness (QED) is 0.594. The first-order chi connectivity index (χ1) is 5.79. The Morgan fingerprint density at radius 1 is 1.08 bits per heavy atom. The van der Waals surface area contributed by atoms with Crippen LogP contribution in [-0.2, 0) is 4.79 Å². The van der Waals surface area contributed by atoms with Crippen molar-refractivity contribution in [3.63, 3.8) is 0 Å². The SMILES string of the molecule is N[C@H]1CC[C@@H]2CCCC[C@H]2C1=O. The van der Waals surface area contributed by atoms with Gasteiger partial charge in [-0.25, -0.2) is 0 Å². The summed E-state index contributed by atoms with van der Waals surface area (Å²) in [6.45, 7) is 0. The molecular formula is C10H17NO. The average molecular weight is 167 g/mol. The normalized spacial score (nSPS) is 42.4. The fourth-order valence-corrected chi connectivity index (χ4v) is 2.74. The fraction of sp³-hybridized carbons (Fsp3) is 0.900. The average Bonchev–Trinajstić information content (AvgIpc) is 2.12. The summed E-state index contributed by atoms with van der Waals surface area (Å²) in [5.41, 5.74) is 5.74. The minimum absolute atomic E-state index is 0.135. The van der Waals surface area contributed by atoms with E-state index in [0.717, 1.165) is 12.8 Å². The molecule has 68 valence electrons. The Labute approximate surface area is 73.5 Å². The molecule has 2 fully saturated rings. The van der Waals surface area contributed by atoms with Gasteiger partial charge in [-0.3, -0.25) is 4.79 Å². The van der Waals surface area contributed by atoms with E-state index in [1.165, 1.54) is 25.7 Å². The van der Waals surface area contributed by atoms with Crippen LogP contribution in [0.1, 0.15) is 38.5 Å². The molecule has 12 heavy (non-hydrogen) atoms. The number of rotatable bonds is 0. The Balaban J connectivity index is 2.08. The van der Waals surface area contributed by atoms with Crippen LogP contribution in [0.15, 0.2) is 0 Å². The number of hydrogen-bond donors (Lipinski definition) is 1. The molecule has 0 aliphatic heterocycles. The fourth-order valence-electron chi connectivity index (χ4n) is 2.74. The summed E-state index contributed by atoms with van der Waals surface area (Å²) >= 11 is 0. The summed E-state index contributed by atoms with van der Waals surface area (Å²) in [5, 5.41) is 0. The second-order valence-electron chi connectivity index (χ2n) is 4.24. The highest BCUT2D eigenvalue weighted by molar-refractivity contribution is 5.87. The number of Topliss-reactive ketones (excluding diaryl/α,β-unsaturated/α-hetero) is 1. The van der Waals surface area contributed by atoms with Gasteiger partial charge >= 0.3 is 0 Å². The molecule has 0 saturated heterocycles. The Kier molecular flexibility index (Phi) is 2.18. The van der Waals surface area contributed by atoms with Gasteiger partial charge in [0.15, 0.2) is 5.78 Å². The molecule has 0 aromatic carbocycles. The molecule has 0 heterocycles. The van der Waals surface area contributed by atoms with Gasteiger partial charge in [-0.15, -0.1) is 0 Å². The van der Waals surface area contributed by atoms with Crippen LogP contribution in [0.25, 0.3) is 0 Å². The van der Waals surface area contributed by atoms with Gasteiger partial charge in [-0.1, -0.05) is 12.8 Å². The van der Waals surface area contributed by atoms with E-state index in [-0.39, 0.29) is 6.04 Å². The molecule has 0 amide bonds. The van der Waals surface area contributed by atoms with Gasteiger partial charge in [0.05, 0.1) is 6.04 Å². The third-order valence-corrected chi connectivity index (χ3v) is 3.49. The summed E-state index contributed by atoms with van der Waals surface area (Å²) in [7, 11) is 0. The number of hydrogen-bond acceptors (Lipinski definition) is 2. The van der Waals surface area contributed by atoms with Crippen LogP contribution in [0.3, 0.4) is 0 Å². The Morgan fingerprint density at radius 3 is 2.67 bits per heavy atom. The van der Waals surface area contributed by atoms with Crippen LogP contribution < -0.4 is 5.73 Å². The molecule has 2 nitrogen and oxygen atoms in total. The minimum atomic E-state index is -0.135. The lowest BCUT2D eigenvalue weighted by atomic mass is 9.69. The van der Waals surface area contributed by atoms with Crippen molar-refractivity contribution in [2.45, 2.75) is 44.6 Å². The highest BCUT2D eigenvalue weighted by atomic mass is 16.1. The van der Waals surface area contributed by atoms with Gasteiger partial charge in [-0.2, -0.15) is 0 Å². The molecule has 0 aromatic rings. The second kappa shape index (κ2) is 3.17. The summed E-state index contributed by atoms with van der Waals surface area (Å²) in [6, 6.07) is -0.135. The molecule has 0 bridgehead atoms. The Hall–Kier alpha value is -0.370. The van der Waals surface area contributed by atoms with Gasteiger partial charge in [-0.05, 0) is 31.6 Å². The molecule has 2 rings (SSSR count). The summed E-state index contributed by atoms with van der Waals surface area (Å²) in [6.07, 6.45) is 7.06. The molecular weight excluding hydrogens is 150 g/mol. The number of fused-ring (bicyclic) bond motifs is 1. The Morgan fingerprint density at radius 2 is 1.83 bits per heavy atom. The zero-order chi connectivity index (χ0) is 8.55. The first-order valence-electron chi connectivity index (χ1n) is 5.08. The topological polar surface area (TPSA) is 43.1 Å². The second-order valence-corrected chi connectivity index (χ2v) is 4.24. The van der Waals surface area contributed by atoms with E-state index in [2.05, 4.69) is 0 Å². The highest BCUT2D eigenvalue weighted by Gasteiger charge is 2.37. The first-order valence-corrected chi connectivity index (χ1v) is 5.08. The smallest absolute Gasteiger partial charge is 0.152 e. The van der Waals surface area contributed by atoms with E-state index in [1.54, 1.807) is 0 Å². The Bertz CT molecular complexity index is 190. The minimum Gasteiger partial charge on any atom is -0.321 e. The van der Waals surface area contributed by atoms with Crippen LogP contribution in [0, 0.1) is 11.8 Å². The lowest BCUT2D eigenvalue weighted by Gasteiger charge is -2.36. The number of nitrogens with two attached hydrogens (primary N) is 1. The summed E-state index contributed by atoms with van der Waals surface area (Å²) < 4.78 is 0. The maximum atomic E-state index is 11.6. The van der Waals surface area contributed by atoms with Crippen molar-refractivity contribution in [2.75, 3.05) is 0 Å². The van der Waals surface area contributed by atoms with E-state index < -0.39 is 0 Å². The molecule has 0 spiro atoms. The van der Waals surface area contributed by atoms with Crippen molar-refractivity contribution in [3.05, 3.63) is 0 Å². The molecule has 0 unspecified atom stereocenters. The van der Waals surface area contributed by atoms with Crippen molar-refractivity contribution in [2.24, 2.45) is 17.6 Å². The molecule has 2 saturated carbocycles. The third-order valence-electron chi connectivity index (χ3n) is 3.49. The van der Waals surface area contributed by atoms with Crippen LogP contribution in [-0.4, -0.2) is 11.8 Å². The van der Waals surface area contributed by atoms with E-state index in [9.17, 15) is 4.79 Å². The molecule has 0 aromatic heterocycles. The van der Waals surface area contributed by atoms with Gasteiger partial charge in [0.2, 0.25) is 0 Å². The zero-order valence-electron chi connectivity index (χ0n) is 7.46. The largest absolute Gasteiger partial charge is 0.321 e. The monoisotopic (exact) mass is 167 g/mol. The zero-order valence-corrected chi connectivity index (χ0v) is 7.46. The maximum absolute atomic E-state index is 11.6. The molecule has 2 aliphatic rings. The predicted octanol–water partition coefficient (Wildman–Crippen LogP) is 1.48. The first kappa shape index (κ1) is 8.24. The van der Waals surface area contributed by atoms with Crippen molar-refractivity contribution >= 4 is 5.78 Å². The van der Waals surface area contributed by atoms with E-state index >= 15 is 0 Å². The van der Waals surface area contributed by atoms with Gasteiger partial charge in [0.1, 0.15) is 0 Å². The van der Waals surface area contributed by atoms with Gasteiger partial charge < -0.3 is 5.73 Å². The van der Waals surface area contributed by atoms with Crippen molar-refractivity contribution in [3.8, 4) is 0 Å². The lowest BCUT2D eigenvalue weighted by molar-refractivity contribution is -0.129. The van der Waals surface area contributed by atoms with E-state index in [4.69, 9.17) is 5.73 Å². The third kappa shape index (κ3) is 1.28. The number of carbonyl (C=O) groups excluding carboxylic acids is 1. The van der Waals surface area contributed by atoms with Crippen LogP contribution >= 0.6 is 0 Å². The van der Waals surface area contributed by atoms with Crippen molar-refractivity contribution in [1.82, 2.24) is 0 Å². The molecule has 3 atom stereocenters. The number of carbonyl (C=O) groups is 1. The highest BCUT2D eigenvalue weighted by Crippen LogP contribution is 2.37. The predicted molar refractivity (Wildman–Crippen MR) is 47.7 cm³/mol. The molecule has 2 heteroatoms. The standard InChI is InChI=1S/C10H17NO/c11-9-6-5-7-3-1-2-4-8(7)10(9)12/h7-9H,1-6,11H2/t7-,8+,9-/m0/s1. The summed E-state index contributed by atoms with van der Waals surface area (Å²) in [5.74, 6) is 1.37. The molecule has 2 aliphatic carbocycles. The summed E-state index contributed by atoms with van der Waals surface area (Å²) in [4.78, 5) is 11.6. The lowest BCUT2D eigenvalue weighted by Crippen LogP contribution is -2.44.